The normalized spacial score (nSPS) is 10.5. The second-order valence-electron chi connectivity index (χ2n) is 5.31. The molecule has 0 bridgehead atoms. The maximum atomic E-state index is 12.4. The molecule has 0 fully saturated rings. The van der Waals surface area contributed by atoms with Gasteiger partial charge in [0.05, 0.1) is 7.11 Å². The molecule has 21 heavy (non-hydrogen) atoms. The summed E-state index contributed by atoms with van der Waals surface area (Å²) in [6.07, 6.45) is 0. The number of rotatable bonds is 4. The van der Waals surface area contributed by atoms with Gasteiger partial charge in [-0.15, -0.1) is 0 Å². The van der Waals surface area contributed by atoms with Crippen molar-refractivity contribution >= 4 is 11.6 Å². The van der Waals surface area contributed by atoms with Gasteiger partial charge in [0.15, 0.2) is 0 Å². The molecule has 0 aliphatic heterocycles. The van der Waals surface area contributed by atoms with Crippen molar-refractivity contribution in [2.75, 3.05) is 19.1 Å². The molecular weight excluding hydrogens is 262 g/mol. The molecule has 0 aliphatic rings. The first-order valence-electron chi connectivity index (χ1n) is 7.05. The summed E-state index contributed by atoms with van der Waals surface area (Å²) in [5.41, 5.74) is 2.64. The second kappa shape index (κ2) is 6.44. The van der Waals surface area contributed by atoms with E-state index in [0.717, 1.165) is 17.0 Å². The Morgan fingerprint density at radius 3 is 2.33 bits per heavy atom. The van der Waals surface area contributed by atoms with E-state index < -0.39 is 0 Å². The molecule has 0 aliphatic carbocycles. The topological polar surface area (TPSA) is 29.5 Å². The van der Waals surface area contributed by atoms with Crippen LogP contribution in [0.2, 0.25) is 0 Å². The predicted octanol–water partition coefficient (Wildman–Crippen LogP) is 4.10. The summed E-state index contributed by atoms with van der Waals surface area (Å²) in [6, 6.07) is 15.2. The number of nitrogens with zero attached hydrogens (tertiary/aromatic N) is 1. The highest BCUT2D eigenvalue weighted by Gasteiger charge is 2.15. The third-order valence-corrected chi connectivity index (χ3v) is 3.55. The number of carbonyl (C=O) groups is 1. The largest absolute Gasteiger partial charge is 0.496 e. The zero-order valence-electron chi connectivity index (χ0n) is 13.0. The molecule has 0 spiro atoms. The summed E-state index contributed by atoms with van der Waals surface area (Å²) < 4.78 is 5.44. The van der Waals surface area contributed by atoms with Gasteiger partial charge in [-0.25, -0.2) is 0 Å². The molecule has 0 radical (unpaired) electrons. The quantitative estimate of drug-likeness (QED) is 0.845. The van der Waals surface area contributed by atoms with E-state index >= 15 is 0 Å². The Bertz CT molecular complexity index is 620. The van der Waals surface area contributed by atoms with E-state index in [1.165, 1.54) is 0 Å². The number of amides is 1. The SMILES string of the molecule is COc1cc(N(C)C(=O)c2ccccc2)ccc1C(C)C. The highest BCUT2D eigenvalue weighted by molar-refractivity contribution is 6.05. The van der Waals surface area contributed by atoms with Crippen LogP contribution in [0.25, 0.3) is 0 Å². The van der Waals surface area contributed by atoms with Gasteiger partial charge < -0.3 is 9.64 Å². The van der Waals surface area contributed by atoms with Gasteiger partial charge in [0.2, 0.25) is 0 Å². The summed E-state index contributed by atoms with van der Waals surface area (Å²) in [6.45, 7) is 4.24. The van der Waals surface area contributed by atoms with Crippen molar-refractivity contribution in [2.24, 2.45) is 0 Å². The Labute approximate surface area is 126 Å². The standard InChI is InChI=1S/C18H21NO2/c1-13(2)16-11-10-15(12-17(16)21-4)19(3)18(20)14-8-6-5-7-9-14/h5-13H,1-4H3. The molecule has 3 heteroatoms. The van der Waals surface area contributed by atoms with Crippen LogP contribution >= 0.6 is 0 Å². The van der Waals surface area contributed by atoms with Gasteiger partial charge in [-0.2, -0.15) is 0 Å². The molecular formula is C18H21NO2. The van der Waals surface area contributed by atoms with Crippen molar-refractivity contribution < 1.29 is 9.53 Å². The Kier molecular flexibility index (Phi) is 4.63. The molecule has 0 saturated heterocycles. The molecule has 2 aromatic rings. The fourth-order valence-corrected chi connectivity index (χ4v) is 2.28. The van der Waals surface area contributed by atoms with Crippen LogP contribution < -0.4 is 9.64 Å². The van der Waals surface area contributed by atoms with Gasteiger partial charge in [-0.05, 0) is 29.7 Å². The average Bonchev–Trinajstić information content (AvgIpc) is 2.53. The third kappa shape index (κ3) is 3.24. The van der Waals surface area contributed by atoms with Crippen LogP contribution in [0.4, 0.5) is 5.69 Å². The van der Waals surface area contributed by atoms with Gasteiger partial charge in [-0.1, -0.05) is 38.1 Å². The Morgan fingerprint density at radius 2 is 1.76 bits per heavy atom. The Hall–Kier alpha value is -2.29. The van der Waals surface area contributed by atoms with Crippen molar-refractivity contribution in [1.29, 1.82) is 0 Å². The average molecular weight is 283 g/mol. The molecule has 0 saturated carbocycles. The number of ether oxygens (including phenoxy) is 1. The molecule has 110 valence electrons. The summed E-state index contributed by atoms with van der Waals surface area (Å²) in [5.74, 6) is 1.16. The molecule has 1 amide bonds. The molecule has 3 nitrogen and oxygen atoms in total. The molecule has 0 atom stereocenters. The lowest BCUT2D eigenvalue weighted by Crippen LogP contribution is -2.26. The van der Waals surface area contributed by atoms with Gasteiger partial charge in [0, 0.05) is 24.4 Å². The number of anilines is 1. The monoisotopic (exact) mass is 283 g/mol. The van der Waals surface area contributed by atoms with Crippen molar-refractivity contribution in [2.45, 2.75) is 19.8 Å². The first kappa shape index (κ1) is 15.1. The number of methoxy groups -OCH3 is 1. The van der Waals surface area contributed by atoms with Crippen molar-refractivity contribution in [3.05, 3.63) is 59.7 Å². The summed E-state index contributed by atoms with van der Waals surface area (Å²) in [7, 11) is 3.43. The van der Waals surface area contributed by atoms with Crippen LogP contribution in [0.3, 0.4) is 0 Å². The summed E-state index contributed by atoms with van der Waals surface area (Å²) in [4.78, 5) is 14.1. The summed E-state index contributed by atoms with van der Waals surface area (Å²) in [5, 5.41) is 0. The van der Waals surface area contributed by atoms with E-state index in [1.807, 2.05) is 48.5 Å². The van der Waals surface area contributed by atoms with Gasteiger partial charge >= 0.3 is 0 Å². The van der Waals surface area contributed by atoms with E-state index in [-0.39, 0.29) is 5.91 Å². The first-order valence-corrected chi connectivity index (χ1v) is 7.05. The van der Waals surface area contributed by atoms with Gasteiger partial charge in [0.25, 0.3) is 5.91 Å². The van der Waals surface area contributed by atoms with Crippen LogP contribution in [0.15, 0.2) is 48.5 Å². The van der Waals surface area contributed by atoms with Crippen molar-refractivity contribution in [3.63, 3.8) is 0 Å². The molecule has 0 N–H and O–H groups in total. The highest BCUT2D eigenvalue weighted by Crippen LogP contribution is 2.30. The molecule has 0 aromatic heterocycles. The van der Waals surface area contributed by atoms with Crippen LogP contribution in [0.5, 0.6) is 5.75 Å². The van der Waals surface area contributed by atoms with Crippen LogP contribution in [-0.4, -0.2) is 20.1 Å². The lowest BCUT2D eigenvalue weighted by molar-refractivity contribution is 0.0993. The van der Waals surface area contributed by atoms with E-state index in [9.17, 15) is 4.79 Å². The maximum absolute atomic E-state index is 12.4. The minimum atomic E-state index is -0.0325. The zero-order valence-corrected chi connectivity index (χ0v) is 13.0. The zero-order chi connectivity index (χ0) is 15.4. The minimum Gasteiger partial charge on any atom is -0.496 e. The lowest BCUT2D eigenvalue weighted by Gasteiger charge is -2.20. The predicted molar refractivity (Wildman–Crippen MR) is 86.3 cm³/mol. The van der Waals surface area contributed by atoms with Crippen molar-refractivity contribution in [3.8, 4) is 5.75 Å². The number of benzene rings is 2. The number of hydrogen-bond acceptors (Lipinski definition) is 2. The number of carbonyl (C=O) groups excluding carboxylic acids is 1. The fourth-order valence-electron chi connectivity index (χ4n) is 2.28. The van der Waals surface area contributed by atoms with Crippen LogP contribution in [-0.2, 0) is 0 Å². The number of hydrogen-bond donors (Lipinski definition) is 0. The first-order chi connectivity index (χ1) is 10.0. The second-order valence-corrected chi connectivity index (χ2v) is 5.31. The lowest BCUT2D eigenvalue weighted by atomic mass is 10.0. The van der Waals surface area contributed by atoms with Gasteiger partial charge in [0.1, 0.15) is 5.75 Å². The van der Waals surface area contributed by atoms with Gasteiger partial charge in [-0.3, -0.25) is 4.79 Å². The summed E-state index contributed by atoms with van der Waals surface area (Å²) >= 11 is 0. The molecule has 2 aromatic carbocycles. The Balaban J connectivity index is 2.31. The maximum Gasteiger partial charge on any atom is 0.258 e. The smallest absolute Gasteiger partial charge is 0.258 e. The molecule has 0 heterocycles. The van der Waals surface area contributed by atoms with Crippen LogP contribution in [0.1, 0.15) is 35.7 Å². The third-order valence-electron chi connectivity index (χ3n) is 3.55. The fraction of sp³-hybridized carbons (Fsp3) is 0.278. The van der Waals surface area contributed by atoms with Crippen LogP contribution in [0, 0.1) is 0 Å². The van der Waals surface area contributed by atoms with E-state index in [2.05, 4.69) is 13.8 Å². The van der Waals surface area contributed by atoms with E-state index in [0.29, 0.717) is 11.5 Å². The van der Waals surface area contributed by atoms with E-state index in [4.69, 9.17) is 4.74 Å². The molecule has 2 rings (SSSR count). The minimum absolute atomic E-state index is 0.0325. The Morgan fingerprint density at radius 1 is 1.10 bits per heavy atom. The molecule has 0 unspecified atom stereocenters. The van der Waals surface area contributed by atoms with E-state index in [1.54, 1.807) is 19.1 Å². The highest BCUT2D eigenvalue weighted by atomic mass is 16.5. The van der Waals surface area contributed by atoms with Crippen molar-refractivity contribution in [1.82, 2.24) is 0 Å².